The maximum absolute atomic E-state index is 12.1. The number of hydroxylamine groups is 1. The van der Waals surface area contributed by atoms with Crippen LogP contribution in [0.15, 0.2) is 30.3 Å². The molecule has 0 unspecified atom stereocenters. The number of carbonyl (C=O) groups is 2. The van der Waals surface area contributed by atoms with Gasteiger partial charge in [-0.3, -0.25) is 14.8 Å². The van der Waals surface area contributed by atoms with Gasteiger partial charge in [-0.2, -0.15) is 0 Å². The summed E-state index contributed by atoms with van der Waals surface area (Å²) in [7, 11) is 0. The molecule has 2 rings (SSSR count). The lowest BCUT2D eigenvalue weighted by Crippen LogP contribution is -2.16. The number of benzene rings is 1. The van der Waals surface area contributed by atoms with Crippen LogP contribution in [-0.2, 0) is 9.59 Å². The van der Waals surface area contributed by atoms with Crippen LogP contribution in [0.1, 0.15) is 37.7 Å². The number of nitrogens with one attached hydrogen (secondary N) is 2. The molecule has 21 heavy (non-hydrogen) atoms. The highest BCUT2D eigenvalue weighted by atomic mass is 16.5. The lowest BCUT2D eigenvalue weighted by atomic mass is 10.0. The predicted octanol–water partition coefficient (Wildman–Crippen LogP) is 2.72. The van der Waals surface area contributed by atoms with Crippen LogP contribution in [0.3, 0.4) is 0 Å². The molecule has 1 fully saturated rings. The van der Waals surface area contributed by atoms with Crippen LogP contribution in [0, 0.1) is 5.92 Å². The molecule has 1 aromatic carbocycles. The second-order valence-corrected chi connectivity index (χ2v) is 5.30. The molecule has 0 radical (unpaired) electrons. The third kappa shape index (κ3) is 4.72. The van der Waals surface area contributed by atoms with Gasteiger partial charge in [0.1, 0.15) is 0 Å². The Balaban J connectivity index is 2.00. The van der Waals surface area contributed by atoms with Gasteiger partial charge in [-0.1, -0.05) is 31.0 Å². The Morgan fingerprint density at radius 2 is 1.95 bits per heavy atom. The summed E-state index contributed by atoms with van der Waals surface area (Å²) in [6, 6.07) is 7.24. The first kappa shape index (κ1) is 15.3. The van der Waals surface area contributed by atoms with Crippen molar-refractivity contribution in [3.05, 3.63) is 35.9 Å². The van der Waals surface area contributed by atoms with Crippen LogP contribution in [0.2, 0.25) is 0 Å². The summed E-state index contributed by atoms with van der Waals surface area (Å²) >= 11 is 0. The largest absolute Gasteiger partial charge is 0.326 e. The molecular formula is C16H20N2O3. The highest BCUT2D eigenvalue weighted by Gasteiger charge is 2.18. The fourth-order valence-corrected chi connectivity index (χ4v) is 2.64. The third-order valence-electron chi connectivity index (χ3n) is 3.71. The minimum absolute atomic E-state index is 0.00867. The normalized spacial score (nSPS) is 15.3. The molecule has 5 heteroatoms. The maximum Gasteiger partial charge on any atom is 0.267 e. The molecule has 112 valence electrons. The molecule has 0 atom stereocenters. The molecule has 1 aromatic rings. The average Bonchev–Trinajstić information content (AvgIpc) is 2.98. The molecule has 0 bridgehead atoms. The third-order valence-corrected chi connectivity index (χ3v) is 3.71. The van der Waals surface area contributed by atoms with Crippen molar-refractivity contribution in [3.8, 4) is 0 Å². The molecule has 0 aliphatic heterocycles. The Hall–Kier alpha value is -2.14. The fourth-order valence-electron chi connectivity index (χ4n) is 2.64. The summed E-state index contributed by atoms with van der Waals surface area (Å²) in [6.07, 6.45) is 8.01. The topological polar surface area (TPSA) is 78.4 Å². The van der Waals surface area contributed by atoms with Gasteiger partial charge in [0.05, 0.1) is 0 Å². The van der Waals surface area contributed by atoms with Crippen molar-refractivity contribution in [2.24, 2.45) is 5.92 Å². The Bertz CT molecular complexity index is 534. The number of rotatable bonds is 5. The van der Waals surface area contributed by atoms with Crippen LogP contribution in [-0.4, -0.2) is 17.0 Å². The van der Waals surface area contributed by atoms with E-state index in [-0.39, 0.29) is 5.91 Å². The van der Waals surface area contributed by atoms with E-state index < -0.39 is 5.91 Å². The van der Waals surface area contributed by atoms with Gasteiger partial charge in [-0.05, 0) is 36.5 Å². The summed E-state index contributed by atoms with van der Waals surface area (Å²) in [5, 5.41) is 11.4. The predicted molar refractivity (Wildman–Crippen MR) is 80.6 cm³/mol. The first-order valence-electron chi connectivity index (χ1n) is 7.20. The van der Waals surface area contributed by atoms with E-state index >= 15 is 0 Å². The highest BCUT2D eigenvalue weighted by Crippen LogP contribution is 2.28. The van der Waals surface area contributed by atoms with E-state index in [1.165, 1.54) is 24.4 Å². The SMILES string of the molecule is O=C(/C=C/c1ccccc1NC(=O)CC1CCCC1)NO. The van der Waals surface area contributed by atoms with Crippen molar-refractivity contribution >= 4 is 23.6 Å². The first-order chi connectivity index (χ1) is 10.2. The number of anilines is 1. The average molecular weight is 288 g/mol. The summed E-state index contributed by atoms with van der Waals surface area (Å²) < 4.78 is 0. The molecule has 1 aliphatic rings. The fraction of sp³-hybridized carbons (Fsp3) is 0.375. The lowest BCUT2D eigenvalue weighted by molar-refractivity contribution is -0.124. The van der Waals surface area contributed by atoms with Gasteiger partial charge in [0.15, 0.2) is 0 Å². The highest BCUT2D eigenvalue weighted by molar-refractivity contribution is 5.95. The van der Waals surface area contributed by atoms with Crippen molar-refractivity contribution in [2.75, 3.05) is 5.32 Å². The molecule has 0 spiro atoms. The van der Waals surface area contributed by atoms with E-state index in [2.05, 4.69) is 5.32 Å². The maximum atomic E-state index is 12.1. The quantitative estimate of drug-likeness (QED) is 0.443. The van der Waals surface area contributed by atoms with Gasteiger partial charge in [0.2, 0.25) is 5.91 Å². The zero-order chi connectivity index (χ0) is 15.1. The number of hydrogen-bond donors (Lipinski definition) is 3. The van der Waals surface area contributed by atoms with Crippen LogP contribution >= 0.6 is 0 Å². The summed E-state index contributed by atoms with van der Waals surface area (Å²) in [5.41, 5.74) is 2.92. The second-order valence-electron chi connectivity index (χ2n) is 5.30. The lowest BCUT2D eigenvalue weighted by Gasteiger charge is -2.11. The molecular weight excluding hydrogens is 268 g/mol. The van der Waals surface area contributed by atoms with Gasteiger partial charge in [-0.15, -0.1) is 0 Å². The molecule has 1 saturated carbocycles. The molecule has 0 heterocycles. The van der Waals surface area contributed by atoms with Crippen LogP contribution < -0.4 is 10.8 Å². The van der Waals surface area contributed by atoms with Gasteiger partial charge < -0.3 is 5.32 Å². The smallest absolute Gasteiger partial charge is 0.267 e. The van der Waals surface area contributed by atoms with Crippen molar-refractivity contribution in [2.45, 2.75) is 32.1 Å². The molecule has 2 amide bonds. The number of amides is 2. The molecule has 5 nitrogen and oxygen atoms in total. The molecule has 3 N–H and O–H groups in total. The minimum atomic E-state index is -0.609. The van der Waals surface area contributed by atoms with Gasteiger partial charge in [0.25, 0.3) is 5.91 Å². The number of para-hydroxylation sites is 1. The Morgan fingerprint density at radius 3 is 2.67 bits per heavy atom. The van der Waals surface area contributed by atoms with E-state index in [9.17, 15) is 9.59 Å². The molecule has 0 aromatic heterocycles. The van der Waals surface area contributed by atoms with Crippen molar-refractivity contribution in [3.63, 3.8) is 0 Å². The molecule has 0 saturated heterocycles. The zero-order valence-electron chi connectivity index (χ0n) is 11.8. The summed E-state index contributed by atoms with van der Waals surface area (Å²) in [5.74, 6) is -0.107. The van der Waals surface area contributed by atoms with E-state index in [0.717, 1.165) is 18.4 Å². The summed E-state index contributed by atoms with van der Waals surface area (Å²) in [4.78, 5) is 23.1. The van der Waals surface area contributed by atoms with E-state index in [0.29, 0.717) is 18.0 Å². The second kappa shape index (κ2) is 7.59. The van der Waals surface area contributed by atoms with E-state index in [4.69, 9.17) is 5.21 Å². The monoisotopic (exact) mass is 288 g/mol. The van der Waals surface area contributed by atoms with Crippen molar-refractivity contribution < 1.29 is 14.8 Å². The Morgan fingerprint density at radius 1 is 1.24 bits per heavy atom. The van der Waals surface area contributed by atoms with Crippen LogP contribution in [0.4, 0.5) is 5.69 Å². The number of carbonyl (C=O) groups excluding carboxylic acids is 2. The standard InChI is InChI=1S/C16H20N2O3/c19-15(18-21)10-9-13-7-3-4-8-14(13)17-16(20)11-12-5-1-2-6-12/h3-4,7-10,12,21H,1-2,5-6,11H2,(H,17,20)(H,18,19)/b10-9+. The number of hydrogen-bond acceptors (Lipinski definition) is 3. The van der Waals surface area contributed by atoms with Crippen molar-refractivity contribution in [1.82, 2.24) is 5.48 Å². The van der Waals surface area contributed by atoms with Gasteiger partial charge in [0, 0.05) is 18.2 Å². The summed E-state index contributed by atoms with van der Waals surface area (Å²) in [6.45, 7) is 0. The van der Waals surface area contributed by atoms with Crippen molar-refractivity contribution in [1.29, 1.82) is 0 Å². The minimum Gasteiger partial charge on any atom is -0.326 e. The van der Waals surface area contributed by atoms with E-state index in [1.54, 1.807) is 18.2 Å². The Labute approximate surface area is 124 Å². The van der Waals surface area contributed by atoms with Crippen LogP contribution in [0.25, 0.3) is 6.08 Å². The van der Waals surface area contributed by atoms with E-state index in [1.807, 2.05) is 12.1 Å². The Kier molecular flexibility index (Phi) is 5.51. The zero-order valence-corrected chi connectivity index (χ0v) is 11.8. The first-order valence-corrected chi connectivity index (χ1v) is 7.20. The van der Waals surface area contributed by atoms with Gasteiger partial charge in [-0.25, -0.2) is 5.48 Å². The van der Waals surface area contributed by atoms with Crippen LogP contribution in [0.5, 0.6) is 0 Å². The molecule has 1 aliphatic carbocycles. The van der Waals surface area contributed by atoms with Gasteiger partial charge >= 0.3 is 0 Å².